The van der Waals surface area contributed by atoms with Gasteiger partial charge in [-0.05, 0) is 6.42 Å². The molecule has 9 heavy (non-hydrogen) atoms. The molecule has 0 aliphatic carbocycles. The van der Waals surface area contributed by atoms with Gasteiger partial charge in [0.15, 0.2) is 6.29 Å². The molecule has 1 aliphatic heterocycles. The van der Waals surface area contributed by atoms with E-state index in [1.54, 1.807) is 0 Å². The maximum atomic E-state index is 5.24. The molecule has 1 unspecified atom stereocenters. The Morgan fingerprint density at radius 1 is 1.56 bits per heavy atom. The molecule has 1 radical (unpaired) electrons. The summed E-state index contributed by atoms with van der Waals surface area (Å²) < 4.78 is 10.5. The van der Waals surface area contributed by atoms with Crippen LogP contribution in [0.25, 0.3) is 0 Å². The van der Waals surface area contributed by atoms with Gasteiger partial charge in [-0.15, -0.1) is 0 Å². The second-order valence-electron chi connectivity index (χ2n) is 2.38. The van der Waals surface area contributed by atoms with Gasteiger partial charge < -0.3 is 9.47 Å². The molecule has 1 saturated heterocycles. The molecule has 0 spiro atoms. The zero-order valence-corrected chi connectivity index (χ0v) is 5.80. The highest BCUT2D eigenvalue weighted by atomic mass is 16.7. The molecule has 0 aromatic heterocycles. The molecular formula is C7H13O2. The summed E-state index contributed by atoms with van der Waals surface area (Å²) in [6.45, 7) is 7.35. The van der Waals surface area contributed by atoms with E-state index in [1.165, 1.54) is 0 Å². The highest BCUT2D eigenvalue weighted by molar-refractivity contribution is 4.61. The third-order valence-electron chi connectivity index (χ3n) is 1.57. The van der Waals surface area contributed by atoms with E-state index >= 15 is 0 Å². The predicted molar refractivity (Wildman–Crippen MR) is 34.8 cm³/mol. The molecule has 2 nitrogen and oxygen atoms in total. The Morgan fingerprint density at radius 3 is 2.56 bits per heavy atom. The minimum absolute atomic E-state index is 0.0162. The van der Waals surface area contributed by atoms with Gasteiger partial charge >= 0.3 is 0 Å². The zero-order chi connectivity index (χ0) is 6.69. The van der Waals surface area contributed by atoms with Crippen LogP contribution >= 0.6 is 0 Å². The topological polar surface area (TPSA) is 18.5 Å². The summed E-state index contributed by atoms with van der Waals surface area (Å²) in [5, 5.41) is 0. The Balaban J connectivity index is 2.24. The Hall–Kier alpha value is -0.0800. The van der Waals surface area contributed by atoms with Gasteiger partial charge in [0.05, 0.1) is 13.2 Å². The third-order valence-corrected chi connectivity index (χ3v) is 1.57. The fourth-order valence-corrected chi connectivity index (χ4v) is 0.841. The van der Waals surface area contributed by atoms with Crippen LogP contribution in [0.1, 0.15) is 13.3 Å². The minimum atomic E-state index is 0.0162. The van der Waals surface area contributed by atoms with E-state index < -0.39 is 0 Å². The largest absolute Gasteiger partial charge is 0.350 e. The van der Waals surface area contributed by atoms with E-state index in [9.17, 15) is 0 Å². The maximum Gasteiger partial charge on any atom is 0.160 e. The highest BCUT2D eigenvalue weighted by Crippen LogP contribution is 2.16. The van der Waals surface area contributed by atoms with Gasteiger partial charge in [-0.25, -0.2) is 0 Å². The van der Waals surface area contributed by atoms with Crippen molar-refractivity contribution in [3.05, 3.63) is 6.92 Å². The van der Waals surface area contributed by atoms with Gasteiger partial charge in [0.2, 0.25) is 0 Å². The average Bonchev–Trinajstić information content (AvgIpc) is 2.37. The van der Waals surface area contributed by atoms with Gasteiger partial charge in [0.25, 0.3) is 0 Å². The SMILES string of the molecule is [CH2]CC(C)C1OCCO1. The molecule has 0 amide bonds. The van der Waals surface area contributed by atoms with Crippen LogP contribution < -0.4 is 0 Å². The summed E-state index contributed by atoms with van der Waals surface area (Å²) in [5.41, 5.74) is 0. The lowest BCUT2D eigenvalue weighted by Gasteiger charge is -2.14. The van der Waals surface area contributed by atoms with Crippen molar-refractivity contribution >= 4 is 0 Å². The van der Waals surface area contributed by atoms with Gasteiger partial charge in [0, 0.05) is 5.92 Å². The third kappa shape index (κ3) is 1.66. The zero-order valence-electron chi connectivity index (χ0n) is 5.80. The van der Waals surface area contributed by atoms with E-state index in [2.05, 4.69) is 13.8 Å². The first kappa shape index (κ1) is 7.03. The van der Waals surface area contributed by atoms with Crippen molar-refractivity contribution in [2.24, 2.45) is 5.92 Å². The quantitative estimate of drug-likeness (QED) is 0.558. The number of hydrogen-bond donors (Lipinski definition) is 0. The van der Waals surface area contributed by atoms with Crippen molar-refractivity contribution in [1.29, 1.82) is 0 Å². The first-order valence-corrected chi connectivity index (χ1v) is 3.37. The predicted octanol–water partition coefficient (Wildman–Crippen LogP) is 1.22. The van der Waals surface area contributed by atoms with E-state index in [0.717, 1.165) is 19.6 Å². The van der Waals surface area contributed by atoms with Crippen LogP contribution in [0.15, 0.2) is 0 Å². The van der Waals surface area contributed by atoms with Gasteiger partial charge in [0.1, 0.15) is 0 Å². The molecule has 0 aromatic carbocycles. The number of hydrogen-bond acceptors (Lipinski definition) is 2. The summed E-state index contributed by atoms with van der Waals surface area (Å²) in [5.74, 6) is 0.437. The first-order chi connectivity index (χ1) is 4.34. The van der Waals surface area contributed by atoms with Crippen molar-refractivity contribution < 1.29 is 9.47 Å². The molecule has 1 aliphatic rings. The van der Waals surface area contributed by atoms with Crippen molar-refractivity contribution in [3.8, 4) is 0 Å². The Labute approximate surface area is 56.2 Å². The van der Waals surface area contributed by atoms with E-state index in [1.807, 2.05) is 0 Å². The lowest BCUT2D eigenvalue weighted by molar-refractivity contribution is -0.0775. The van der Waals surface area contributed by atoms with E-state index in [4.69, 9.17) is 9.47 Å². The Kier molecular flexibility index (Phi) is 2.49. The van der Waals surface area contributed by atoms with Crippen LogP contribution in [0.5, 0.6) is 0 Å². The molecule has 1 atom stereocenters. The molecule has 53 valence electrons. The molecule has 1 fully saturated rings. The smallest absolute Gasteiger partial charge is 0.160 e. The van der Waals surface area contributed by atoms with Crippen molar-refractivity contribution in [2.45, 2.75) is 19.6 Å². The van der Waals surface area contributed by atoms with Crippen LogP contribution in [-0.2, 0) is 9.47 Å². The molecule has 0 N–H and O–H groups in total. The molecular weight excluding hydrogens is 116 g/mol. The van der Waals surface area contributed by atoms with Crippen LogP contribution in [0.3, 0.4) is 0 Å². The van der Waals surface area contributed by atoms with Crippen LogP contribution in [-0.4, -0.2) is 19.5 Å². The lowest BCUT2D eigenvalue weighted by atomic mass is 10.1. The second-order valence-corrected chi connectivity index (χ2v) is 2.38. The molecule has 1 heterocycles. The summed E-state index contributed by atoms with van der Waals surface area (Å²) in [6.07, 6.45) is 0.896. The van der Waals surface area contributed by atoms with Crippen LogP contribution in [0.4, 0.5) is 0 Å². The summed E-state index contributed by atoms with van der Waals surface area (Å²) in [4.78, 5) is 0. The van der Waals surface area contributed by atoms with Crippen LogP contribution in [0.2, 0.25) is 0 Å². The maximum absolute atomic E-state index is 5.24. The normalized spacial score (nSPS) is 24.7. The standard InChI is InChI=1S/C7H13O2/c1-3-6(2)7-8-4-5-9-7/h6-7H,1,3-5H2,2H3. The average molecular weight is 129 g/mol. The molecule has 0 bridgehead atoms. The molecule has 0 aromatic rings. The highest BCUT2D eigenvalue weighted by Gasteiger charge is 2.20. The first-order valence-electron chi connectivity index (χ1n) is 3.37. The van der Waals surface area contributed by atoms with Gasteiger partial charge in [-0.2, -0.15) is 0 Å². The summed E-state index contributed by atoms with van der Waals surface area (Å²) in [6, 6.07) is 0. The minimum Gasteiger partial charge on any atom is -0.350 e. The van der Waals surface area contributed by atoms with Gasteiger partial charge in [-0.1, -0.05) is 13.8 Å². The van der Waals surface area contributed by atoms with Crippen LogP contribution in [0, 0.1) is 12.8 Å². The Bertz CT molecular complexity index is 77.0. The van der Waals surface area contributed by atoms with E-state index in [-0.39, 0.29) is 6.29 Å². The van der Waals surface area contributed by atoms with E-state index in [0.29, 0.717) is 5.92 Å². The van der Waals surface area contributed by atoms with Crippen molar-refractivity contribution in [2.75, 3.05) is 13.2 Å². The fourth-order valence-electron chi connectivity index (χ4n) is 0.841. The summed E-state index contributed by atoms with van der Waals surface area (Å²) >= 11 is 0. The Morgan fingerprint density at radius 2 is 2.11 bits per heavy atom. The van der Waals surface area contributed by atoms with Crippen molar-refractivity contribution in [1.82, 2.24) is 0 Å². The van der Waals surface area contributed by atoms with Crippen molar-refractivity contribution in [3.63, 3.8) is 0 Å². The monoisotopic (exact) mass is 129 g/mol. The number of ether oxygens (including phenoxy) is 2. The summed E-state index contributed by atoms with van der Waals surface area (Å²) in [7, 11) is 0. The molecule has 1 rings (SSSR count). The lowest BCUT2D eigenvalue weighted by Crippen LogP contribution is -2.17. The number of rotatable bonds is 2. The molecule has 2 heteroatoms. The van der Waals surface area contributed by atoms with Gasteiger partial charge in [-0.3, -0.25) is 0 Å². The second kappa shape index (κ2) is 3.18. The fraction of sp³-hybridized carbons (Fsp3) is 0.857. The molecule has 0 saturated carbocycles.